The highest BCUT2D eigenvalue weighted by Gasteiger charge is 2.12. The fraction of sp³-hybridized carbons (Fsp3) is 0.538. The van der Waals surface area contributed by atoms with Gasteiger partial charge < -0.3 is 5.32 Å². The van der Waals surface area contributed by atoms with E-state index in [4.69, 9.17) is 0 Å². The van der Waals surface area contributed by atoms with Gasteiger partial charge in [-0.3, -0.25) is 9.69 Å². The summed E-state index contributed by atoms with van der Waals surface area (Å²) in [6, 6.07) is 0. The van der Waals surface area contributed by atoms with Crippen molar-refractivity contribution in [3.63, 3.8) is 0 Å². The van der Waals surface area contributed by atoms with E-state index in [-0.39, 0.29) is 5.91 Å². The van der Waals surface area contributed by atoms with Gasteiger partial charge in [0.1, 0.15) is 0 Å². The van der Waals surface area contributed by atoms with Crippen LogP contribution in [0.5, 0.6) is 0 Å². The van der Waals surface area contributed by atoms with E-state index in [0.29, 0.717) is 6.54 Å². The van der Waals surface area contributed by atoms with Crippen LogP contribution in [0.4, 0.5) is 5.13 Å². The first-order chi connectivity index (χ1) is 8.69. The molecule has 0 saturated carbocycles. The summed E-state index contributed by atoms with van der Waals surface area (Å²) in [6.45, 7) is 7.91. The van der Waals surface area contributed by atoms with E-state index in [2.05, 4.69) is 22.5 Å². The number of allylic oxidation sites excluding steroid dienone is 1. The first-order valence-electron chi connectivity index (χ1n) is 6.23. The molecular formula is C13H21N3OS. The Labute approximate surface area is 113 Å². The number of rotatable bonds is 7. The molecule has 0 aliphatic heterocycles. The Bertz CT molecular complexity index is 401. The molecule has 0 aliphatic rings. The third-order valence-corrected chi connectivity index (χ3v) is 3.41. The molecule has 1 aromatic heterocycles. The number of anilines is 1. The predicted molar refractivity (Wildman–Crippen MR) is 77.0 cm³/mol. The molecule has 0 fully saturated rings. The standard InChI is InChI=1S/C13H21N3OS/c1-4-6-7-8-14-9-12-10-18-13(15-12)16(5-2)11(3)17/h4,6,10,14H,5,7-9H2,1-3H3/b6-4+. The van der Waals surface area contributed by atoms with E-state index in [0.717, 1.165) is 30.3 Å². The molecule has 1 heterocycles. The Morgan fingerprint density at radius 1 is 1.61 bits per heavy atom. The topological polar surface area (TPSA) is 45.2 Å². The zero-order valence-corrected chi connectivity index (χ0v) is 12.1. The summed E-state index contributed by atoms with van der Waals surface area (Å²) in [5, 5.41) is 6.12. The lowest BCUT2D eigenvalue weighted by atomic mass is 10.3. The summed E-state index contributed by atoms with van der Waals surface area (Å²) < 4.78 is 0. The van der Waals surface area contributed by atoms with Gasteiger partial charge in [-0.25, -0.2) is 4.98 Å². The van der Waals surface area contributed by atoms with E-state index < -0.39 is 0 Å². The molecule has 0 radical (unpaired) electrons. The highest BCUT2D eigenvalue weighted by Crippen LogP contribution is 2.20. The molecule has 100 valence electrons. The lowest BCUT2D eigenvalue weighted by molar-refractivity contribution is -0.116. The molecule has 1 aromatic rings. The van der Waals surface area contributed by atoms with Gasteiger partial charge >= 0.3 is 0 Å². The van der Waals surface area contributed by atoms with Crippen LogP contribution in [0.3, 0.4) is 0 Å². The lowest BCUT2D eigenvalue weighted by Gasteiger charge is -2.14. The second-order valence-corrected chi connectivity index (χ2v) is 4.76. The van der Waals surface area contributed by atoms with Crippen LogP contribution in [-0.2, 0) is 11.3 Å². The molecule has 0 aromatic carbocycles. The van der Waals surface area contributed by atoms with Crippen molar-refractivity contribution in [1.82, 2.24) is 10.3 Å². The number of aromatic nitrogens is 1. The Morgan fingerprint density at radius 2 is 2.39 bits per heavy atom. The van der Waals surface area contributed by atoms with Crippen LogP contribution in [0.25, 0.3) is 0 Å². The van der Waals surface area contributed by atoms with Crippen LogP contribution < -0.4 is 10.2 Å². The molecule has 0 saturated heterocycles. The predicted octanol–water partition coefficient (Wildman–Crippen LogP) is 2.57. The molecule has 0 bridgehead atoms. The highest BCUT2D eigenvalue weighted by molar-refractivity contribution is 7.14. The number of carbonyl (C=O) groups excluding carboxylic acids is 1. The number of carbonyl (C=O) groups is 1. The fourth-order valence-electron chi connectivity index (χ4n) is 1.56. The van der Waals surface area contributed by atoms with Crippen LogP contribution >= 0.6 is 11.3 Å². The van der Waals surface area contributed by atoms with Crippen molar-refractivity contribution in [3.8, 4) is 0 Å². The third-order valence-electron chi connectivity index (χ3n) is 2.50. The quantitative estimate of drug-likeness (QED) is 0.610. The minimum absolute atomic E-state index is 0.0412. The molecule has 5 heteroatoms. The number of nitrogens with one attached hydrogen (secondary N) is 1. The fourth-order valence-corrected chi connectivity index (χ4v) is 2.49. The summed E-state index contributed by atoms with van der Waals surface area (Å²) >= 11 is 1.52. The van der Waals surface area contributed by atoms with Crippen LogP contribution in [-0.4, -0.2) is 24.0 Å². The summed E-state index contributed by atoms with van der Waals surface area (Å²) in [5.41, 5.74) is 0.996. The van der Waals surface area contributed by atoms with Crippen LogP contribution in [0.2, 0.25) is 0 Å². The molecule has 1 N–H and O–H groups in total. The van der Waals surface area contributed by atoms with Crippen LogP contribution in [0, 0.1) is 0 Å². The Morgan fingerprint density at radius 3 is 3.00 bits per heavy atom. The van der Waals surface area contributed by atoms with Gasteiger partial charge in [0.05, 0.1) is 5.69 Å². The monoisotopic (exact) mass is 267 g/mol. The molecule has 0 atom stereocenters. The third kappa shape index (κ3) is 4.58. The number of amides is 1. The number of thiazole rings is 1. The Balaban J connectivity index is 2.45. The second-order valence-electron chi connectivity index (χ2n) is 3.92. The average Bonchev–Trinajstić information content (AvgIpc) is 2.78. The molecule has 0 aliphatic carbocycles. The van der Waals surface area contributed by atoms with E-state index in [1.807, 2.05) is 19.2 Å². The van der Waals surface area contributed by atoms with Crippen LogP contribution in [0.15, 0.2) is 17.5 Å². The van der Waals surface area contributed by atoms with Crippen LogP contribution in [0.1, 0.15) is 32.9 Å². The summed E-state index contributed by atoms with van der Waals surface area (Å²) in [6.07, 6.45) is 5.21. The molecule has 1 rings (SSSR count). The first-order valence-corrected chi connectivity index (χ1v) is 7.11. The smallest absolute Gasteiger partial charge is 0.225 e. The SMILES string of the molecule is C/C=C/CCNCc1csc(N(CC)C(C)=O)n1. The Hall–Kier alpha value is -1.20. The number of nitrogens with zero attached hydrogens (tertiary/aromatic N) is 2. The minimum atomic E-state index is 0.0412. The highest BCUT2D eigenvalue weighted by atomic mass is 32.1. The zero-order chi connectivity index (χ0) is 13.4. The summed E-state index contributed by atoms with van der Waals surface area (Å²) in [4.78, 5) is 17.5. The van der Waals surface area contributed by atoms with Gasteiger partial charge in [0, 0.05) is 25.4 Å². The van der Waals surface area contributed by atoms with Crippen molar-refractivity contribution in [2.75, 3.05) is 18.0 Å². The normalized spacial score (nSPS) is 11.1. The minimum Gasteiger partial charge on any atom is -0.311 e. The van der Waals surface area contributed by atoms with Crippen molar-refractivity contribution in [3.05, 3.63) is 23.2 Å². The van der Waals surface area contributed by atoms with Crippen molar-refractivity contribution >= 4 is 22.4 Å². The van der Waals surface area contributed by atoms with Crippen molar-refractivity contribution < 1.29 is 4.79 Å². The number of hydrogen-bond donors (Lipinski definition) is 1. The van der Waals surface area contributed by atoms with Gasteiger partial charge in [0.15, 0.2) is 5.13 Å². The maximum atomic E-state index is 11.4. The molecule has 0 unspecified atom stereocenters. The van der Waals surface area contributed by atoms with Gasteiger partial charge in [0.25, 0.3) is 0 Å². The second kappa shape index (κ2) is 8.00. The molecular weight excluding hydrogens is 246 g/mol. The van der Waals surface area contributed by atoms with E-state index in [9.17, 15) is 4.79 Å². The van der Waals surface area contributed by atoms with E-state index in [1.165, 1.54) is 11.3 Å². The zero-order valence-electron chi connectivity index (χ0n) is 11.3. The van der Waals surface area contributed by atoms with Gasteiger partial charge in [0.2, 0.25) is 5.91 Å². The largest absolute Gasteiger partial charge is 0.311 e. The maximum Gasteiger partial charge on any atom is 0.225 e. The van der Waals surface area contributed by atoms with E-state index >= 15 is 0 Å². The first kappa shape index (κ1) is 14.9. The van der Waals surface area contributed by atoms with Crippen molar-refractivity contribution in [2.45, 2.75) is 33.7 Å². The van der Waals surface area contributed by atoms with Gasteiger partial charge in [-0.2, -0.15) is 0 Å². The van der Waals surface area contributed by atoms with E-state index in [1.54, 1.807) is 11.8 Å². The van der Waals surface area contributed by atoms with Gasteiger partial charge in [-0.05, 0) is 26.8 Å². The van der Waals surface area contributed by atoms with Crippen molar-refractivity contribution in [2.24, 2.45) is 0 Å². The molecule has 18 heavy (non-hydrogen) atoms. The summed E-state index contributed by atoms with van der Waals surface area (Å²) in [5.74, 6) is 0.0412. The molecule has 0 spiro atoms. The average molecular weight is 267 g/mol. The lowest BCUT2D eigenvalue weighted by Crippen LogP contribution is -2.27. The molecule has 4 nitrogen and oxygen atoms in total. The molecule has 1 amide bonds. The van der Waals surface area contributed by atoms with Gasteiger partial charge in [-0.15, -0.1) is 11.3 Å². The Kier molecular flexibility index (Phi) is 6.60. The summed E-state index contributed by atoms with van der Waals surface area (Å²) in [7, 11) is 0. The van der Waals surface area contributed by atoms with Gasteiger partial charge in [-0.1, -0.05) is 12.2 Å². The number of hydrogen-bond acceptors (Lipinski definition) is 4. The van der Waals surface area contributed by atoms with Crippen molar-refractivity contribution in [1.29, 1.82) is 0 Å². The maximum absolute atomic E-state index is 11.4.